The van der Waals surface area contributed by atoms with E-state index < -0.39 is 23.8 Å². The average Bonchev–Trinajstić information content (AvgIpc) is 3.34. The SMILES string of the molecule is Cc1nc(CCCCc2cccc(O)c2)nc(C)c1C(=O)N[C@@H](CNC(=O)c1cccs1)C(=O)O. The van der Waals surface area contributed by atoms with E-state index in [0.29, 0.717) is 28.5 Å². The molecule has 3 rings (SSSR count). The van der Waals surface area contributed by atoms with Crippen molar-refractivity contribution in [2.24, 2.45) is 0 Å². The maximum Gasteiger partial charge on any atom is 0.328 e. The lowest BCUT2D eigenvalue weighted by Gasteiger charge is -2.17. The Balaban J connectivity index is 1.57. The minimum absolute atomic E-state index is 0.226. The van der Waals surface area contributed by atoms with Crippen molar-refractivity contribution in [2.45, 2.75) is 45.6 Å². The minimum atomic E-state index is -1.30. The van der Waals surface area contributed by atoms with E-state index in [9.17, 15) is 24.6 Å². The molecular formula is C25H28N4O5S. The number of hydrogen-bond donors (Lipinski definition) is 4. The van der Waals surface area contributed by atoms with E-state index in [1.807, 2.05) is 12.1 Å². The summed E-state index contributed by atoms with van der Waals surface area (Å²) >= 11 is 1.24. The van der Waals surface area contributed by atoms with Crippen LogP contribution in [0.1, 0.15) is 55.6 Å². The minimum Gasteiger partial charge on any atom is -0.508 e. The third kappa shape index (κ3) is 7.35. The molecule has 35 heavy (non-hydrogen) atoms. The van der Waals surface area contributed by atoms with E-state index in [1.54, 1.807) is 43.5 Å². The molecular weight excluding hydrogens is 468 g/mol. The second kappa shape index (κ2) is 12.1. The van der Waals surface area contributed by atoms with Crippen molar-refractivity contribution >= 4 is 29.1 Å². The zero-order valence-corrected chi connectivity index (χ0v) is 20.4. The third-order valence-corrected chi connectivity index (χ3v) is 6.25. The number of aliphatic carboxylic acids is 1. The molecule has 0 aliphatic carbocycles. The van der Waals surface area contributed by atoms with Crippen molar-refractivity contribution < 1.29 is 24.6 Å². The molecule has 2 aromatic heterocycles. The fourth-order valence-corrected chi connectivity index (χ4v) is 4.31. The number of rotatable bonds is 11. The van der Waals surface area contributed by atoms with Gasteiger partial charge in [0, 0.05) is 13.0 Å². The van der Waals surface area contributed by atoms with E-state index >= 15 is 0 Å². The molecule has 1 atom stereocenters. The van der Waals surface area contributed by atoms with Crippen LogP contribution in [0.3, 0.4) is 0 Å². The molecule has 10 heteroatoms. The smallest absolute Gasteiger partial charge is 0.328 e. The number of aromatic hydroxyl groups is 1. The van der Waals surface area contributed by atoms with Gasteiger partial charge in [0.05, 0.1) is 21.8 Å². The highest BCUT2D eigenvalue weighted by molar-refractivity contribution is 7.12. The Labute approximate surface area is 207 Å². The molecule has 1 aromatic carbocycles. The summed E-state index contributed by atoms with van der Waals surface area (Å²) in [6, 6.07) is 9.22. The van der Waals surface area contributed by atoms with Crippen LogP contribution in [0.4, 0.5) is 0 Å². The first-order chi connectivity index (χ1) is 16.7. The summed E-state index contributed by atoms with van der Waals surface area (Å²) in [5, 5.41) is 25.8. The number of aryl methyl sites for hydroxylation is 4. The second-order valence-electron chi connectivity index (χ2n) is 8.11. The summed E-state index contributed by atoms with van der Waals surface area (Å²) in [5.41, 5.74) is 2.21. The molecule has 2 heterocycles. The third-order valence-electron chi connectivity index (χ3n) is 5.39. The number of thiophene rings is 1. The van der Waals surface area contributed by atoms with Gasteiger partial charge in [-0.25, -0.2) is 14.8 Å². The number of unbranched alkanes of at least 4 members (excludes halogenated alkanes) is 1. The molecule has 0 saturated heterocycles. The quantitative estimate of drug-likeness (QED) is 0.299. The Kier molecular flexibility index (Phi) is 8.91. The predicted molar refractivity (Wildman–Crippen MR) is 132 cm³/mol. The van der Waals surface area contributed by atoms with Crippen molar-refractivity contribution in [2.75, 3.05) is 6.54 Å². The zero-order chi connectivity index (χ0) is 25.4. The van der Waals surface area contributed by atoms with Gasteiger partial charge in [0.25, 0.3) is 11.8 Å². The number of phenolic OH excluding ortho intramolecular Hbond substituents is 1. The van der Waals surface area contributed by atoms with Crippen LogP contribution in [-0.2, 0) is 17.6 Å². The lowest BCUT2D eigenvalue weighted by molar-refractivity contribution is -0.139. The van der Waals surface area contributed by atoms with Gasteiger partial charge in [0.1, 0.15) is 17.6 Å². The number of carboxylic acid groups (broad SMARTS) is 1. The number of amides is 2. The second-order valence-corrected chi connectivity index (χ2v) is 9.06. The van der Waals surface area contributed by atoms with Crippen LogP contribution in [0.25, 0.3) is 0 Å². The number of nitrogens with zero attached hydrogens (tertiary/aromatic N) is 2. The number of carboxylic acids is 1. The largest absolute Gasteiger partial charge is 0.508 e. The molecule has 0 saturated carbocycles. The normalized spacial score (nSPS) is 11.6. The van der Waals surface area contributed by atoms with Crippen LogP contribution >= 0.6 is 11.3 Å². The molecule has 4 N–H and O–H groups in total. The van der Waals surface area contributed by atoms with Gasteiger partial charge >= 0.3 is 5.97 Å². The van der Waals surface area contributed by atoms with E-state index in [4.69, 9.17) is 0 Å². The lowest BCUT2D eigenvalue weighted by Crippen LogP contribution is -2.48. The number of phenols is 1. The molecule has 0 unspecified atom stereocenters. The van der Waals surface area contributed by atoms with Crippen molar-refractivity contribution in [3.05, 3.63) is 75.0 Å². The summed E-state index contributed by atoms with van der Waals surface area (Å²) in [5.74, 6) is -1.39. The number of aromatic nitrogens is 2. The lowest BCUT2D eigenvalue weighted by atomic mass is 10.1. The van der Waals surface area contributed by atoms with E-state index in [2.05, 4.69) is 20.6 Å². The highest BCUT2D eigenvalue weighted by atomic mass is 32.1. The number of benzene rings is 1. The maximum atomic E-state index is 12.8. The average molecular weight is 497 g/mol. The summed E-state index contributed by atoms with van der Waals surface area (Å²) in [4.78, 5) is 45.9. The molecule has 9 nitrogen and oxygen atoms in total. The fourth-order valence-electron chi connectivity index (χ4n) is 3.67. The van der Waals surface area contributed by atoms with Crippen LogP contribution in [0.15, 0.2) is 41.8 Å². The van der Waals surface area contributed by atoms with Gasteiger partial charge in [0.2, 0.25) is 0 Å². The van der Waals surface area contributed by atoms with Crippen molar-refractivity contribution in [1.82, 2.24) is 20.6 Å². The van der Waals surface area contributed by atoms with Gasteiger partial charge in [-0.2, -0.15) is 0 Å². The Morgan fingerprint density at radius 1 is 1.00 bits per heavy atom. The number of hydrogen-bond acceptors (Lipinski definition) is 7. The summed E-state index contributed by atoms with van der Waals surface area (Å²) in [6.07, 6.45) is 3.19. The predicted octanol–water partition coefficient (Wildman–Crippen LogP) is 3.04. The van der Waals surface area contributed by atoms with Gasteiger partial charge in [-0.3, -0.25) is 9.59 Å². The van der Waals surface area contributed by atoms with Gasteiger partial charge in [-0.1, -0.05) is 18.2 Å². The van der Waals surface area contributed by atoms with Gasteiger partial charge in [-0.05, 0) is 62.3 Å². The summed E-state index contributed by atoms with van der Waals surface area (Å²) in [6.45, 7) is 3.12. The summed E-state index contributed by atoms with van der Waals surface area (Å²) in [7, 11) is 0. The fraction of sp³-hybridized carbons (Fsp3) is 0.320. The van der Waals surface area contributed by atoms with Gasteiger partial charge in [-0.15, -0.1) is 11.3 Å². The molecule has 0 aliphatic heterocycles. The molecule has 0 bridgehead atoms. The molecule has 184 valence electrons. The van der Waals surface area contributed by atoms with Crippen molar-refractivity contribution in [3.8, 4) is 5.75 Å². The monoisotopic (exact) mass is 496 g/mol. The number of carbonyl (C=O) groups excluding carboxylic acids is 2. The van der Waals surface area contributed by atoms with E-state index in [1.165, 1.54) is 11.3 Å². The van der Waals surface area contributed by atoms with Crippen LogP contribution < -0.4 is 10.6 Å². The molecule has 0 aliphatic rings. The maximum absolute atomic E-state index is 12.8. The first-order valence-corrected chi connectivity index (χ1v) is 12.1. The van der Waals surface area contributed by atoms with Crippen molar-refractivity contribution in [1.29, 1.82) is 0 Å². The highest BCUT2D eigenvalue weighted by Gasteiger charge is 2.24. The van der Waals surface area contributed by atoms with Crippen molar-refractivity contribution in [3.63, 3.8) is 0 Å². The van der Waals surface area contributed by atoms with E-state index in [0.717, 1.165) is 24.8 Å². The highest BCUT2D eigenvalue weighted by Crippen LogP contribution is 2.15. The Bertz CT molecular complexity index is 1170. The zero-order valence-electron chi connectivity index (χ0n) is 19.6. The number of carbonyl (C=O) groups is 3. The molecule has 2 amide bonds. The molecule has 0 spiro atoms. The Hall–Kier alpha value is -3.79. The molecule has 3 aromatic rings. The van der Waals surface area contributed by atoms with Crippen LogP contribution in [0.5, 0.6) is 5.75 Å². The summed E-state index contributed by atoms with van der Waals surface area (Å²) < 4.78 is 0. The Morgan fingerprint density at radius 3 is 2.34 bits per heavy atom. The molecule has 0 fully saturated rings. The topological polar surface area (TPSA) is 142 Å². The van der Waals surface area contributed by atoms with E-state index in [-0.39, 0.29) is 17.9 Å². The van der Waals surface area contributed by atoms with Crippen LogP contribution in [-0.4, -0.2) is 50.6 Å². The first-order valence-electron chi connectivity index (χ1n) is 11.2. The number of nitrogens with one attached hydrogen (secondary N) is 2. The standard InChI is InChI=1S/C25H28N4O5S/c1-15-22(24(32)29-19(25(33)34)14-26-23(31)20-10-6-12-35-20)16(2)28-21(27-15)11-4-3-7-17-8-5-9-18(30)13-17/h5-6,8-10,12-13,19,30H,3-4,7,11,14H2,1-2H3,(H,26,31)(H,29,32)(H,33,34)/t19-/m0/s1. The van der Waals surface area contributed by atoms with Gasteiger partial charge < -0.3 is 20.8 Å². The van der Waals surface area contributed by atoms with Crippen LogP contribution in [0.2, 0.25) is 0 Å². The Morgan fingerprint density at radius 2 is 1.71 bits per heavy atom. The first kappa shape index (κ1) is 25.8. The van der Waals surface area contributed by atoms with Gasteiger partial charge in [0.15, 0.2) is 0 Å². The molecule has 0 radical (unpaired) electrons. The van der Waals surface area contributed by atoms with Crippen LogP contribution in [0, 0.1) is 13.8 Å².